The fraction of sp³-hybridized carbons (Fsp3) is 0.661. The van der Waals surface area contributed by atoms with Crippen molar-refractivity contribution in [3.05, 3.63) is 88.5 Å². The van der Waals surface area contributed by atoms with Gasteiger partial charge in [0.25, 0.3) is 0 Å². The molecule has 3 rings (SSSR count). The van der Waals surface area contributed by atoms with E-state index >= 15 is 26.3 Å². The van der Waals surface area contributed by atoms with Crippen LogP contribution in [0.3, 0.4) is 0 Å². The van der Waals surface area contributed by atoms with E-state index in [9.17, 15) is 202 Å². The molecule has 0 amide bonds. The van der Waals surface area contributed by atoms with Gasteiger partial charge >= 0.3 is 149 Å². The zero-order valence-corrected chi connectivity index (χ0v) is 53.2. The molecule has 0 aromatic heterocycles. The van der Waals surface area contributed by atoms with Gasteiger partial charge in [-0.05, 0) is 73.1 Å². The van der Waals surface area contributed by atoms with E-state index in [0.29, 0.717) is 0 Å². The van der Waals surface area contributed by atoms with E-state index in [1.165, 1.54) is 62.4 Å². The summed E-state index contributed by atoms with van der Waals surface area (Å²) in [6.45, 7) is -6.34. The highest BCUT2D eigenvalue weighted by Gasteiger charge is 2.98. The Morgan fingerprint density at radius 1 is 0.286 bits per heavy atom. The third kappa shape index (κ3) is 15.7. The first kappa shape index (κ1) is 99.2. The zero-order chi connectivity index (χ0) is 88.7. The number of benzene rings is 3. The lowest BCUT2D eigenvalue weighted by Gasteiger charge is -2.42. The maximum absolute atomic E-state index is 15.0. The van der Waals surface area contributed by atoms with Crippen molar-refractivity contribution < 1.29 is 248 Å². The summed E-state index contributed by atoms with van der Waals surface area (Å²) in [7, 11) is 0. The van der Waals surface area contributed by atoms with E-state index in [1.54, 1.807) is 0 Å². The van der Waals surface area contributed by atoms with Crippen LogP contribution in [0.2, 0.25) is 0 Å². The Labute approximate surface area is 586 Å². The fourth-order valence-corrected chi connectivity index (χ4v) is 9.03. The molecule has 0 atom stereocenters. The number of halogens is 51. The Bertz CT molecular complexity index is 3560. The number of carbonyl (C=O) groups excluding carboxylic acids is 1. The summed E-state index contributed by atoms with van der Waals surface area (Å²) in [5, 5.41) is 0. The molecule has 3 aromatic carbocycles. The van der Waals surface area contributed by atoms with E-state index in [0.717, 1.165) is 0 Å². The molecule has 648 valence electrons. The average molecular weight is 1760 g/mol. The lowest BCUT2D eigenvalue weighted by Crippen LogP contribution is -2.74. The molecule has 3 aromatic rings. The number of alkyl halides is 51. The van der Waals surface area contributed by atoms with Gasteiger partial charge in [-0.25, -0.2) is 0 Å². The third-order valence-electron chi connectivity index (χ3n) is 15.7. The standard InChI is InChI=1S/C56H37F51O5/c1-23-10-3-5-12-26(23)30(27-13-6-4-11-24(27)2)32(108)112-22-25-20-28(109-17-7-14-33(57,58)36(63,64)39(69,70)42(75,76)45(81,82)48(87,88)51(93,94)54(99,100)101)31(111-19-9-16-35(61,62)38(67,68)41(73,74)44(79,80)47(85,86)50(91,92)53(97,98)56(105,106)107)29(21-25)110-18-8-15-34(59,60)37(65,66)40(71,72)43(77,78)46(83,84)49(89,90)52(95,96)55(102,103)104/h3-6,10-13,20-21,30H,7-9,14-19,22H2,1-2H3. The van der Waals surface area contributed by atoms with Gasteiger partial charge in [-0.3, -0.25) is 4.79 Å². The highest BCUT2D eigenvalue weighted by atomic mass is 19.5. The Kier molecular flexibility index (Phi) is 26.8. The SMILES string of the molecule is Cc1ccccc1C(C(=O)OCc1cc(OCCCC(F)(F)C(F)(F)C(F)(F)C(F)(F)C(F)(F)C(F)(F)C(F)(F)C(F)(F)F)c(OCCCC(F)(F)C(F)(F)C(F)(F)C(F)(F)C(F)(F)C(F)(F)C(F)(F)C(F)(F)F)c(OCCCC(F)(F)C(F)(F)C(F)(F)C(F)(F)C(F)(F)C(F)(F)C(F)(F)C(F)(F)F)c1)c1ccccc1C. The van der Waals surface area contributed by atoms with Gasteiger partial charge in [-0.2, -0.15) is 224 Å². The lowest BCUT2D eigenvalue weighted by molar-refractivity contribution is -0.461. The van der Waals surface area contributed by atoms with Crippen molar-refractivity contribution in [3.63, 3.8) is 0 Å². The molecular formula is C56H37F51O5. The Hall–Kier alpha value is -7.04. The molecule has 56 heteroatoms. The Morgan fingerprint density at radius 2 is 0.491 bits per heavy atom. The second-order valence-corrected chi connectivity index (χ2v) is 23.5. The predicted molar refractivity (Wildman–Crippen MR) is 267 cm³/mol. The van der Waals surface area contributed by atoms with E-state index in [1.807, 2.05) is 0 Å². The molecule has 0 aliphatic rings. The molecule has 5 nitrogen and oxygen atoms in total. The molecular weight excluding hydrogens is 1720 g/mol. The Morgan fingerprint density at radius 3 is 0.714 bits per heavy atom. The molecule has 0 heterocycles. The van der Waals surface area contributed by atoms with Crippen LogP contribution in [0.4, 0.5) is 224 Å². The zero-order valence-electron chi connectivity index (χ0n) is 53.2. The van der Waals surface area contributed by atoms with Crippen LogP contribution < -0.4 is 14.2 Å². The number of carbonyl (C=O) groups is 1. The number of ether oxygens (including phenoxy) is 4. The van der Waals surface area contributed by atoms with E-state index in [4.69, 9.17) is 14.2 Å². The van der Waals surface area contributed by atoms with Crippen molar-refractivity contribution in [1.29, 1.82) is 0 Å². The van der Waals surface area contributed by atoms with Gasteiger partial charge in [-0.1, -0.05) is 48.5 Å². The molecule has 0 fully saturated rings. The molecule has 0 unspecified atom stereocenters. The molecule has 0 saturated heterocycles. The normalized spacial score (nSPS) is 15.5. The van der Waals surface area contributed by atoms with Crippen LogP contribution in [0.5, 0.6) is 17.2 Å². The smallest absolute Gasteiger partial charge is 0.460 e. The van der Waals surface area contributed by atoms with Gasteiger partial charge in [0.05, 0.1) is 19.8 Å². The molecule has 0 aliphatic carbocycles. The fourth-order valence-electron chi connectivity index (χ4n) is 9.03. The molecule has 0 spiro atoms. The van der Waals surface area contributed by atoms with Crippen molar-refractivity contribution in [2.24, 2.45) is 0 Å². The van der Waals surface area contributed by atoms with Gasteiger partial charge in [0, 0.05) is 19.3 Å². The highest BCUT2D eigenvalue weighted by molar-refractivity contribution is 5.83. The van der Waals surface area contributed by atoms with Gasteiger partial charge in [-0.15, -0.1) is 0 Å². The lowest BCUT2D eigenvalue weighted by atomic mass is 9.86. The maximum Gasteiger partial charge on any atom is 0.460 e. The summed E-state index contributed by atoms with van der Waals surface area (Å²) in [4.78, 5) is 14.0. The van der Waals surface area contributed by atoms with Gasteiger partial charge < -0.3 is 18.9 Å². The quantitative estimate of drug-likeness (QED) is 0.0325. The summed E-state index contributed by atoms with van der Waals surface area (Å²) < 4.78 is 734. The van der Waals surface area contributed by atoms with Crippen LogP contribution in [0.1, 0.15) is 72.3 Å². The van der Waals surface area contributed by atoms with Gasteiger partial charge in [0.15, 0.2) is 11.5 Å². The maximum atomic E-state index is 15.0. The second kappa shape index (κ2) is 30.2. The summed E-state index contributed by atoms with van der Waals surface area (Å²) in [5.74, 6) is -193. The van der Waals surface area contributed by atoms with Crippen LogP contribution >= 0.6 is 0 Å². The monoisotopic (exact) mass is 1760 g/mol. The average Bonchev–Trinajstić information content (AvgIpc) is 0.704. The molecule has 0 aliphatic heterocycles. The van der Waals surface area contributed by atoms with Crippen molar-refractivity contribution in [1.82, 2.24) is 0 Å². The van der Waals surface area contributed by atoms with Crippen LogP contribution in [0.15, 0.2) is 60.7 Å². The Balaban J connectivity index is 2.39. The number of hydrogen-bond donors (Lipinski definition) is 0. The minimum absolute atomic E-state index is 0.0542. The largest absolute Gasteiger partial charge is 0.490 e. The number of hydrogen-bond acceptors (Lipinski definition) is 5. The molecule has 0 radical (unpaired) electrons. The highest BCUT2D eigenvalue weighted by Crippen LogP contribution is 2.69. The number of aryl methyl sites for hydroxylation is 2. The van der Waals surface area contributed by atoms with Gasteiger partial charge in [0.1, 0.15) is 12.5 Å². The first-order valence-electron chi connectivity index (χ1n) is 28.7. The second-order valence-electron chi connectivity index (χ2n) is 23.5. The van der Waals surface area contributed by atoms with Crippen molar-refractivity contribution in [2.75, 3.05) is 19.8 Å². The van der Waals surface area contributed by atoms with Crippen LogP contribution in [0.25, 0.3) is 0 Å². The third-order valence-corrected chi connectivity index (χ3v) is 15.7. The summed E-state index contributed by atoms with van der Waals surface area (Å²) in [5.41, 5.74) is -1.01. The molecule has 0 N–H and O–H groups in total. The molecule has 0 saturated carbocycles. The van der Waals surface area contributed by atoms with Gasteiger partial charge in [0.2, 0.25) is 5.75 Å². The minimum Gasteiger partial charge on any atom is -0.490 e. The van der Waals surface area contributed by atoms with Crippen LogP contribution in [-0.2, 0) is 16.1 Å². The van der Waals surface area contributed by atoms with Crippen molar-refractivity contribution in [3.8, 4) is 17.2 Å². The summed E-state index contributed by atoms with van der Waals surface area (Å²) in [6.07, 6.45) is -43.1. The van der Waals surface area contributed by atoms with E-state index in [2.05, 4.69) is 4.74 Å². The first-order chi connectivity index (χ1) is 49.2. The summed E-state index contributed by atoms with van der Waals surface area (Å²) in [6, 6.07) is 9.88. The molecule has 0 bridgehead atoms. The van der Waals surface area contributed by atoms with E-state index in [-0.39, 0.29) is 34.4 Å². The molecule has 112 heavy (non-hydrogen) atoms. The summed E-state index contributed by atoms with van der Waals surface area (Å²) >= 11 is 0. The van der Waals surface area contributed by atoms with Crippen LogP contribution in [0, 0.1) is 13.8 Å². The first-order valence-corrected chi connectivity index (χ1v) is 28.7. The van der Waals surface area contributed by atoms with E-state index < -0.39 is 243 Å². The minimum atomic E-state index is -9.27. The van der Waals surface area contributed by atoms with Crippen molar-refractivity contribution in [2.45, 2.75) is 208 Å². The topological polar surface area (TPSA) is 54.0 Å². The van der Waals surface area contributed by atoms with Crippen molar-refractivity contribution >= 4 is 5.97 Å². The number of rotatable bonds is 38. The number of esters is 1. The predicted octanol–water partition coefficient (Wildman–Crippen LogP) is 23.7. The van der Waals surface area contributed by atoms with Crippen LogP contribution in [-0.4, -0.2) is 169 Å².